The third-order valence-corrected chi connectivity index (χ3v) is 0.750. The van der Waals surface area contributed by atoms with Gasteiger partial charge in [0.15, 0.2) is 6.61 Å². The Morgan fingerprint density at radius 1 is 1.88 bits per heavy atom. The van der Waals surface area contributed by atoms with Gasteiger partial charge in [-0.25, -0.2) is 0 Å². The number of nitrogens with one attached hydrogen (secondary N) is 1. The van der Waals surface area contributed by atoms with Crippen molar-refractivity contribution in [3.05, 3.63) is 0 Å². The van der Waals surface area contributed by atoms with Gasteiger partial charge in [0, 0.05) is 0 Å². The Hall–Kier alpha value is -0.970. The summed E-state index contributed by atoms with van der Waals surface area (Å²) in [6.07, 6.45) is -0.215. The first-order chi connectivity index (χ1) is 3.79. The standard InChI is InChI=1S/C3H8N4O/c4-2-1-8-7-3(5)6-2/h2H,1,4H2,(H3,5,6,7). The molecular weight excluding hydrogens is 108 g/mol. The van der Waals surface area contributed by atoms with E-state index >= 15 is 0 Å². The molecule has 5 heteroatoms. The van der Waals surface area contributed by atoms with E-state index in [0.717, 1.165) is 0 Å². The van der Waals surface area contributed by atoms with Crippen LogP contribution in [0.15, 0.2) is 5.16 Å². The monoisotopic (exact) mass is 116 g/mol. The minimum Gasteiger partial charge on any atom is -0.389 e. The van der Waals surface area contributed by atoms with Crippen molar-refractivity contribution in [3.8, 4) is 0 Å². The van der Waals surface area contributed by atoms with Gasteiger partial charge < -0.3 is 21.6 Å². The highest BCUT2D eigenvalue weighted by Crippen LogP contribution is 1.84. The maximum atomic E-state index is 5.33. The maximum absolute atomic E-state index is 5.33. The molecule has 0 bridgehead atoms. The highest BCUT2D eigenvalue weighted by atomic mass is 16.6. The summed E-state index contributed by atoms with van der Waals surface area (Å²) in [7, 11) is 0. The van der Waals surface area contributed by atoms with E-state index in [1.165, 1.54) is 0 Å². The second-order valence-electron chi connectivity index (χ2n) is 1.52. The van der Waals surface area contributed by atoms with E-state index in [0.29, 0.717) is 6.61 Å². The minimum absolute atomic E-state index is 0.215. The van der Waals surface area contributed by atoms with Crippen LogP contribution in [0.4, 0.5) is 0 Å². The lowest BCUT2D eigenvalue weighted by Gasteiger charge is -2.16. The quantitative estimate of drug-likeness (QED) is 0.346. The van der Waals surface area contributed by atoms with Gasteiger partial charge >= 0.3 is 0 Å². The van der Waals surface area contributed by atoms with Crippen molar-refractivity contribution >= 4 is 5.96 Å². The number of nitrogens with zero attached hydrogens (tertiary/aromatic N) is 1. The fourth-order valence-corrected chi connectivity index (χ4v) is 0.445. The van der Waals surface area contributed by atoms with Crippen molar-refractivity contribution in [2.75, 3.05) is 6.61 Å². The van der Waals surface area contributed by atoms with Crippen LogP contribution < -0.4 is 16.8 Å². The van der Waals surface area contributed by atoms with Crippen LogP contribution in [0.25, 0.3) is 0 Å². The zero-order chi connectivity index (χ0) is 5.98. The number of nitrogens with two attached hydrogens (primary N) is 2. The van der Waals surface area contributed by atoms with E-state index in [1.54, 1.807) is 0 Å². The number of rotatable bonds is 0. The molecule has 0 aromatic rings. The van der Waals surface area contributed by atoms with Crippen LogP contribution in [-0.4, -0.2) is 18.7 Å². The van der Waals surface area contributed by atoms with Gasteiger partial charge in [-0.3, -0.25) is 0 Å². The summed E-state index contributed by atoms with van der Waals surface area (Å²) in [5, 5.41) is 6.04. The molecule has 0 saturated heterocycles. The molecule has 0 fully saturated rings. The van der Waals surface area contributed by atoms with Crippen LogP contribution in [0, 0.1) is 0 Å². The van der Waals surface area contributed by atoms with Gasteiger partial charge in [-0.15, -0.1) is 0 Å². The van der Waals surface area contributed by atoms with Crippen LogP contribution in [0.1, 0.15) is 0 Å². The molecule has 0 aliphatic carbocycles. The largest absolute Gasteiger partial charge is 0.389 e. The second-order valence-corrected chi connectivity index (χ2v) is 1.52. The third-order valence-electron chi connectivity index (χ3n) is 0.750. The SMILES string of the molecule is NC1=NOCC(N)N1. The summed E-state index contributed by atoms with van der Waals surface area (Å²) >= 11 is 0. The van der Waals surface area contributed by atoms with Crippen molar-refractivity contribution in [3.63, 3.8) is 0 Å². The summed E-state index contributed by atoms with van der Waals surface area (Å²) in [6.45, 7) is 0.376. The summed E-state index contributed by atoms with van der Waals surface area (Å²) in [5.41, 5.74) is 10.5. The molecule has 0 spiro atoms. The molecule has 0 saturated carbocycles. The summed E-state index contributed by atoms with van der Waals surface area (Å²) in [4.78, 5) is 4.57. The zero-order valence-corrected chi connectivity index (χ0v) is 4.29. The molecule has 1 unspecified atom stereocenters. The van der Waals surface area contributed by atoms with Crippen LogP contribution in [-0.2, 0) is 4.84 Å². The van der Waals surface area contributed by atoms with E-state index in [9.17, 15) is 0 Å². The topological polar surface area (TPSA) is 85.7 Å². The molecule has 5 N–H and O–H groups in total. The maximum Gasteiger partial charge on any atom is 0.232 e. The fourth-order valence-electron chi connectivity index (χ4n) is 0.445. The predicted molar refractivity (Wildman–Crippen MR) is 28.7 cm³/mol. The van der Waals surface area contributed by atoms with Crippen molar-refractivity contribution in [1.29, 1.82) is 0 Å². The summed E-state index contributed by atoms with van der Waals surface area (Å²) in [5.74, 6) is 0.240. The lowest BCUT2D eigenvalue weighted by atomic mass is 10.5. The third kappa shape index (κ3) is 1.00. The van der Waals surface area contributed by atoms with Gasteiger partial charge in [0.1, 0.15) is 6.17 Å². The molecule has 1 aliphatic rings. The van der Waals surface area contributed by atoms with Gasteiger partial charge in [-0.05, 0) is 5.16 Å². The highest BCUT2D eigenvalue weighted by Gasteiger charge is 2.07. The number of guanidine groups is 1. The van der Waals surface area contributed by atoms with E-state index in [4.69, 9.17) is 11.5 Å². The molecule has 1 aliphatic heterocycles. The van der Waals surface area contributed by atoms with Crippen molar-refractivity contribution in [2.45, 2.75) is 6.17 Å². The van der Waals surface area contributed by atoms with Crippen LogP contribution in [0.2, 0.25) is 0 Å². The van der Waals surface area contributed by atoms with Crippen molar-refractivity contribution in [1.82, 2.24) is 5.32 Å². The lowest BCUT2D eigenvalue weighted by Crippen LogP contribution is -2.50. The second kappa shape index (κ2) is 1.87. The van der Waals surface area contributed by atoms with Gasteiger partial charge in [0.25, 0.3) is 0 Å². The Morgan fingerprint density at radius 2 is 2.62 bits per heavy atom. The molecule has 0 radical (unpaired) electrons. The van der Waals surface area contributed by atoms with E-state index in [1.807, 2.05) is 0 Å². The highest BCUT2D eigenvalue weighted by molar-refractivity contribution is 5.77. The first kappa shape index (κ1) is 5.17. The summed E-state index contributed by atoms with van der Waals surface area (Å²) in [6, 6.07) is 0. The average Bonchev–Trinajstić information content (AvgIpc) is 1.64. The van der Waals surface area contributed by atoms with Gasteiger partial charge in [0.2, 0.25) is 5.96 Å². The summed E-state index contributed by atoms with van der Waals surface area (Å²) < 4.78 is 0. The Balaban J connectivity index is 2.45. The van der Waals surface area contributed by atoms with Crippen molar-refractivity contribution < 1.29 is 4.84 Å². The minimum atomic E-state index is -0.215. The van der Waals surface area contributed by atoms with E-state index in [2.05, 4.69) is 15.3 Å². The van der Waals surface area contributed by atoms with Crippen LogP contribution in [0.5, 0.6) is 0 Å². The number of hydrogen-bond donors (Lipinski definition) is 3. The van der Waals surface area contributed by atoms with Gasteiger partial charge in [0.05, 0.1) is 0 Å². The Morgan fingerprint density at radius 3 is 3.00 bits per heavy atom. The van der Waals surface area contributed by atoms with Crippen LogP contribution >= 0.6 is 0 Å². The van der Waals surface area contributed by atoms with E-state index in [-0.39, 0.29) is 12.1 Å². The van der Waals surface area contributed by atoms with Gasteiger partial charge in [-0.1, -0.05) is 0 Å². The molecular formula is C3H8N4O. The molecule has 0 amide bonds. The molecule has 46 valence electrons. The normalized spacial score (nSPS) is 27.6. The molecule has 8 heavy (non-hydrogen) atoms. The zero-order valence-electron chi connectivity index (χ0n) is 4.29. The predicted octanol–water partition coefficient (Wildman–Crippen LogP) is -1.88. The average molecular weight is 116 g/mol. The number of hydrogen-bond acceptors (Lipinski definition) is 5. The van der Waals surface area contributed by atoms with Crippen LogP contribution in [0.3, 0.4) is 0 Å². The Bertz CT molecular complexity index is 112. The lowest BCUT2D eigenvalue weighted by molar-refractivity contribution is 0.110. The molecule has 5 nitrogen and oxygen atoms in total. The number of oxime groups is 1. The molecule has 1 rings (SSSR count). The molecule has 0 aromatic carbocycles. The fraction of sp³-hybridized carbons (Fsp3) is 0.667. The van der Waals surface area contributed by atoms with Gasteiger partial charge in [-0.2, -0.15) is 0 Å². The molecule has 0 aromatic heterocycles. The van der Waals surface area contributed by atoms with Crippen molar-refractivity contribution in [2.24, 2.45) is 16.6 Å². The molecule has 1 atom stereocenters. The smallest absolute Gasteiger partial charge is 0.232 e. The molecule has 1 heterocycles. The van der Waals surface area contributed by atoms with E-state index < -0.39 is 0 Å². The Labute approximate surface area is 46.7 Å². The Kier molecular flexibility index (Phi) is 1.21. The first-order valence-corrected chi connectivity index (χ1v) is 2.26. The first-order valence-electron chi connectivity index (χ1n) is 2.26.